The van der Waals surface area contributed by atoms with Gasteiger partial charge in [-0.3, -0.25) is 14.3 Å². The Hall–Kier alpha value is -3.92. The maximum absolute atomic E-state index is 14.4. The van der Waals surface area contributed by atoms with E-state index in [1.54, 1.807) is 0 Å². The van der Waals surface area contributed by atoms with Crippen LogP contribution in [0.15, 0.2) is 45.9 Å². The van der Waals surface area contributed by atoms with Gasteiger partial charge < -0.3 is 15.3 Å². The summed E-state index contributed by atoms with van der Waals surface area (Å²) in [6.45, 7) is -0.0265. The summed E-state index contributed by atoms with van der Waals surface area (Å²) in [6, 6.07) is 5.51. The highest BCUT2D eigenvalue weighted by Gasteiger charge is 2.41. The molecule has 0 saturated carbocycles. The number of carbonyl (C=O) groups is 2. The molecule has 1 aliphatic heterocycles. The lowest BCUT2D eigenvalue weighted by Crippen LogP contribution is -2.31. The molecule has 10 nitrogen and oxygen atoms in total. The Labute approximate surface area is 244 Å². The molecule has 0 aliphatic carbocycles. The zero-order valence-corrected chi connectivity index (χ0v) is 24.2. The third-order valence-corrected chi connectivity index (χ3v) is 8.56. The number of nitrogens with one attached hydrogen (secondary N) is 1. The number of alkyl halides is 5. The predicted molar refractivity (Wildman–Crippen MR) is 148 cm³/mol. The number of pyridine rings is 1. The number of hydrogen-bond acceptors (Lipinski definition) is 7. The van der Waals surface area contributed by atoms with E-state index in [1.807, 2.05) is 0 Å². The van der Waals surface area contributed by atoms with Crippen molar-refractivity contribution in [2.24, 2.45) is 11.4 Å². The summed E-state index contributed by atoms with van der Waals surface area (Å²) in [4.78, 5) is 30.6. The van der Waals surface area contributed by atoms with Crippen molar-refractivity contribution in [2.45, 2.75) is 43.2 Å². The Morgan fingerprint density at radius 1 is 1.21 bits per heavy atom. The molecule has 1 aliphatic rings. The Morgan fingerprint density at radius 2 is 1.93 bits per heavy atom. The maximum atomic E-state index is 14.4. The van der Waals surface area contributed by atoms with Crippen LogP contribution in [0.4, 0.5) is 33.5 Å². The van der Waals surface area contributed by atoms with Gasteiger partial charge in [-0.15, -0.1) is 0 Å². The topological polar surface area (TPSA) is 130 Å². The molecule has 4 rings (SSSR count). The number of amides is 2. The van der Waals surface area contributed by atoms with Crippen LogP contribution in [0.1, 0.15) is 40.9 Å². The summed E-state index contributed by atoms with van der Waals surface area (Å²) in [6.07, 6.45) is -2.39. The SMILES string of the molecule is Cc1c(C(=O)Nc2cccc(S(C)(=O)=NC(=O)CO)c2)c(N2CCCC(F)(F)CC2)nc(C(F)(F)F)c1-c1cnn(C)c1. The first-order valence-electron chi connectivity index (χ1n) is 13.0. The predicted octanol–water partition coefficient (Wildman–Crippen LogP) is 4.66. The van der Waals surface area contributed by atoms with Gasteiger partial charge in [0.2, 0.25) is 5.92 Å². The molecule has 1 unspecified atom stereocenters. The zero-order chi connectivity index (χ0) is 31.7. The Balaban J connectivity index is 1.88. The first-order chi connectivity index (χ1) is 20.0. The van der Waals surface area contributed by atoms with Crippen LogP contribution in [0.3, 0.4) is 0 Å². The summed E-state index contributed by atoms with van der Waals surface area (Å²) >= 11 is 0. The minimum absolute atomic E-state index is 0.0382. The minimum Gasteiger partial charge on any atom is -0.386 e. The number of hydrogen-bond donors (Lipinski definition) is 2. The summed E-state index contributed by atoms with van der Waals surface area (Å²) in [5.74, 6) is -5.32. The van der Waals surface area contributed by atoms with Gasteiger partial charge in [0.15, 0.2) is 5.69 Å². The molecule has 2 N–H and O–H groups in total. The number of rotatable bonds is 6. The number of halogens is 5. The molecular formula is C27H29F5N6O4S. The molecule has 2 amide bonds. The fourth-order valence-electron chi connectivity index (χ4n) is 4.85. The van der Waals surface area contributed by atoms with Gasteiger partial charge in [-0.25, -0.2) is 18.0 Å². The van der Waals surface area contributed by atoms with Crippen molar-refractivity contribution in [3.8, 4) is 11.1 Å². The van der Waals surface area contributed by atoms with Gasteiger partial charge in [0.05, 0.1) is 21.5 Å². The number of aliphatic hydroxyl groups is 1. The van der Waals surface area contributed by atoms with E-state index in [0.717, 1.165) is 0 Å². The largest absolute Gasteiger partial charge is 0.434 e. The monoisotopic (exact) mass is 628 g/mol. The molecule has 0 radical (unpaired) electrons. The molecule has 3 heterocycles. The second-order valence-electron chi connectivity index (χ2n) is 10.2. The van der Waals surface area contributed by atoms with Crippen molar-refractivity contribution in [2.75, 3.05) is 36.2 Å². The van der Waals surface area contributed by atoms with E-state index in [-0.39, 0.29) is 52.3 Å². The van der Waals surface area contributed by atoms with Gasteiger partial charge in [0.25, 0.3) is 11.8 Å². The summed E-state index contributed by atoms with van der Waals surface area (Å²) in [5, 5.41) is 15.5. The van der Waals surface area contributed by atoms with Crippen molar-refractivity contribution >= 4 is 33.0 Å². The van der Waals surface area contributed by atoms with Crippen LogP contribution in [-0.4, -0.2) is 67.8 Å². The summed E-state index contributed by atoms with van der Waals surface area (Å²) in [7, 11) is -1.81. The quantitative estimate of drug-likeness (QED) is 0.380. The number of aromatic nitrogens is 3. The molecule has 1 atom stereocenters. The van der Waals surface area contributed by atoms with E-state index >= 15 is 0 Å². The Bertz CT molecular complexity index is 1680. The smallest absolute Gasteiger partial charge is 0.386 e. The van der Waals surface area contributed by atoms with Crippen LogP contribution in [0.25, 0.3) is 11.1 Å². The van der Waals surface area contributed by atoms with Gasteiger partial charge in [-0.1, -0.05) is 6.07 Å². The molecule has 1 saturated heterocycles. The first kappa shape index (κ1) is 32.0. The van der Waals surface area contributed by atoms with Crippen molar-refractivity contribution in [1.82, 2.24) is 14.8 Å². The van der Waals surface area contributed by atoms with E-state index in [0.29, 0.717) is 0 Å². The van der Waals surface area contributed by atoms with Crippen molar-refractivity contribution in [3.05, 3.63) is 53.5 Å². The van der Waals surface area contributed by atoms with Crippen LogP contribution >= 0.6 is 0 Å². The molecule has 1 fully saturated rings. The fourth-order valence-corrected chi connectivity index (χ4v) is 6.08. The van der Waals surface area contributed by atoms with Crippen molar-refractivity contribution < 1.29 is 40.9 Å². The lowest BCUT2D eigenvalue weighted by Gasteiger charge is -2.27. The minimum atomic E-state index is -4.96. The molecule has 2 aromatic heterocycles. The lowest BCUT2D eigenvalue weighted by molar-refractivity contribution is -0.140. The number of nitrogens with zero attached hydrogens (tertiary/aromatic N) is 5. The summed E-state index contributed by atoms with van der Waals surface area (Å²) in [5.41, 5.74) is -1.92. The highest BCUT2D eigenvalue weighted by atomic mass is 32.2. The molecule has 0 bridgehead atoms. The average Bonchev–Trinajstić information content (AvgIpc) is 3.25. The number of anilines is 2. The molecule has 1 aromatic carbocycles. The first-order valence-corrected chi connectivity index (χ1v) is 15.0. The van der Waals surface area contributed by atoms with Crippen LogP contribution in [-0.2, 0) is 27.7 Å². The zero-order valence-electron chi connectivity index (χ0n) is 23.4. The van der Waals surface area contributed by atoms with Crippen LogP contribution in [0.2, 0.25) is 0 Å². The summed E-state index contributed by atoms with van der Waals surface area (Å²) < 4.78 is 89.4. The third-order valence-electron chi connectivity index (χ3n) is 6.88. The van der Waals surface area contributed by atoms with E-state index < -0.39 is 64.6 Å². The van der Waals surface area contributed by atoms with E-state index in [4.69, 9.17) is 5.11 Å². The van der Waals surface area contributed by atoms with Crippen LogP contribution < -0.4 is 10.2 Å². The number of aliphatic hydroxyl groups excluding tert-OH is 1. The van der Waals surface area contributed by atoms with Gasteiger partial charge in [0, 0.05) is 67.1 Å². The molecule has 3 aromatic rings. The van der Waals surface area contributed by atoms with Gasteiger partial charge in [-0.05, 0) is 37.1 Å². The standard InChI is InChI=1S/C27H29F5N6O4S/c1-16-21(17-13-33-37(2)14-17)23(27(30,31)32)35-24(38-10-5-8-26(28,29)9-11-38)22(16)25(41)34-18-6-4-7-19(12-18)43(3,42)36-20(40)15-39/h4,6-7,12-14,39H,5,8-11,15H2,1-3H3,(H,34,41). The van der Waals surface area contributed by atoms with E-state index in [9.17, 15) is 35.8 Å². The van der Waals surface area contributed by atoms with Crippen LogP contribution in [0, 0.1) is 6.92 Å². The second-order valence-corrected chi connectivity index (χ2v) is 12.4. The van der Waals surface area contributed by atoms with Gasteiger partial charge in [-0.2, -0.15) is 22.6 Å². The van der Waals surface area contributed by atoms with Gasteiger partial charge in [0.1, 0.15) is 12.4 Å². The average molecular weight is 629 g/mol. The number of benzene rings is 1. The number of carbonyl (C=O) groups excluding carboxylic acids is 2. The van der Waals surface area contributed by atoms with E-state index in [1.165, 1.54) is 66.5 Å². The highest BCUT2D eigenvalue weighted by Crippen LogP contribution is 2.42. The third kappa shape index (κ3) is 7.18. The van der Waals surface area contributed by atoms with Gasteiger partial charge >= 0.3 is 6.18 Å². The maximum Gasteiger partial charge on any atom is 0.434 e. The van der Waals surface area contributed by atoms with Crippen LogP contribution in [0.5, 0.6) is 0 Å². The number of aryl methyl sites for hydroxylation is 1. The molecule has 43 heavy (non-hydrogen) atoms. The normalized spacial score (nSPS) is 16.7. The molecule has 16 heteroatoms. The molecule has 0 spiro atoms. The van der Waals surface area contributed by atoms with Crippen molar-refractivity contribution in [1.29, 1.82) is 0 Å². The molecular weight excluding hydrogens is 599 g/mol. The highest BCUT2D eigenvalue weighted by molar-refractivity contribution is 7.93. The second kappa shape index (κ2) is 12.0. The van der Waals surface area contributed by atoms with Crippen molar-refractivity contribution in [3.63, 3.8) is 0 Å². The Kier molecular flexibility index (Phi) is 8.92. The molecule has 232 valence electrons. The fraction of sp³-hybridized carbons (Fsp3) is 0.407. The van der Waals surface area contributed by atoms with E-state index in [2.05, 4.69) is 19.8 Å². The Morgan fingerprint density at radius 3 is 2.56 bits per heavy atom. The lowest BCUT2D eigenvalue weighted by atomic mass is 9.95.